The molecular weight excluding hydrogens is 458 g/mol. The summed E-state index contributed by atoms with van der Waals surface area (Å²) in [4.78, 5) is 14.7. The van der Waals surface area contributed by atoms with Gasteiger partial charge in [0.1, 0.15) is 4.32 Å². The zero-order chi connectivity index (χ0) is 20.1. The third-order valence-electron chi connectivity index (χ3n) is 4.65. The number of methoxy groups -OCH3 is 2. The zero-order valence-corrected chi connectivity index (χ0v) is 19.0. The first-order valence-corrected chi connectivity index (χ1v) is 11.1. The Kier molecular flexibility index (Phi) is 7.37. The van der Waals surface area contributed by atoms with Crippen molar-refractivity contribution < 1.29 is 14.3 Å². The summed E-state index contributed by atoms with van der Waals surface area (Å²) in [6.45, 7) is 0.656. The van der Waals surface area contributed by atoms with E-state index in [1.165, 1.54) is 17.3 Å². The summed E-state index contributed by atoms with van der Waals surface area (Å²) >= 11 is 10.5. The molecule has 0 N–H and O–H groups in total. The number of aryl methyl sites for hydroxylation is 1. The van der Waals surface area contributed by atoms with E-state index in [0.717, 1.165) is 22.9 Å². The van der Waals surface area contributed by atoms with Gasteiger partial charge >= 0.3 is 0 Å². The van der Waals surface area contributed by atoms with E-state index in [2.05, 4.69) is 28.1 Å². The molecule has 0 aromatic heterocycles. The Hall–Kier alpha value is -1.57. The minimum atomic E-state index is -0.210. The van der Waals surface area contributed by atoms with Crippen LogP contribution in [0.15, 0.2) is 46.9 Å². The van der Waals surface area contributed by atoms with Crippen LogP contribution >= 0.6 is 39.9 Å². The van der Waals surface area contributed by atoms with E-state index < -0.39 is 0 Å². The molecule has 0 bridgehead atoms. The van der Waals surface area contributed by atoms with E-state index in [-0.39, 0.29) is 11.2 Å². The van der Waals surface area contributed by atoms with Gasteiger partial charge < -0.3 is 9.47 Å². The van der Waals surface area contributed by atoms with Crippen molar-refractivity contribution in [3.05, 3.63) is 58.1 Å². The van der Waals surface area contributed by atoms with Gasteiger partial charge in [-0.3, -0.25) is 9.69 Å². The maximum atomic E-state index is 12.9. The quantitative estimate of drug-likeness (QED) is 0.504. The molecule has 2 aromatic carbocycles. The highest BCUT2D eigenvalue weighted by Crippen LogP contribution is 2.37. The number of hydrogen-bond acceptors (Lipinski definition) is 5. The normalized spacial score (nSPS) is 16.5. The number of carbonyl (C=O) groups excluding carboxylic acids is 1. The number of benzene rings is 2. The molecule has 148 valence electrons. The largest absolute Gasteiger partial charge is 0.493 e. The predicted octanol–water partition coefficient (Wildman–Crippen LogP) is 4.87. The molecule has 0 aliphatic carbocycles. The number of hydrogen-bond donors (Lipinski definition) is 0. The second kappa shape index (κ2) is 9.76. The fraction of sp³-hybridized carbons (Fsp3) is 0.333. The minimum absolute atomic E-state index is 0.0877. The molecule has 1 amide bonds. The Morgan fingerprint density at radius 2 is 1.82 bits per heavy atom. The van der Waals surface area contributed by atoms with Crippen LogP contribution in [0.3, 0.4) is 0 Å². The van der Waals surface area contributed by atoms with E-state index in [4.69, 9.17) is 21.7 Å². The number of thiocarbonyl (C=S) groups is 1. The molecule has 1 aliphatic rings. The molecule has 1 saturated heterocycles. The first kappa shape index (κ1) is 21.1. The molecule has 1 atom stereocenters. The van der Waals surface area contributed by atoms with Crippen LogP contribution in [0.1, 0.15) is 17.5 Å². The Labute approximate surface area is 183 Å². The molecule has 2 aromatic rings. The molecule has 28 heavy (non-hydrogen) atoms. The average Bonchev–Trinajstić information content (AvgIpc) is 2.97. The maximum Gasteiger partial charge on any atom is 0.241 e. The molecule has 4 nitrogen and oxygen atoms in total. The van der Waals surface area contributed by atoms with E-state index in [9.17, 15) is 4.79 Å². The molecule has 3 rings (SSSR count). The first-order valence-electron chi connectivity index (χ1n) is 8.99. The highest BCUT2D eigenvalue weighted by Gasteiger charge is 2.36. The van der Waals surface area contributed by atoms with Crippen molar-refractivity contribution in [2.75, 3.05) is 20.8 Å². The minimum Gasteiger partial charge on any atom is -0.493 e. The van der Waals surface area contributed by atoms with E-state index in [1.807, 2.05) is 30.3 Å². The highest BCUT2D eigenvalue weighted by molar-refractivity contribution is 9.10. The third-order valence-corrected chi connectivity index (χ3v) is 6.97. The van der Waals surface area contributed by atoms with Gasteiger partial charge in [0.15, 0.2) is 11.5 Å². The smallest absolute Gasteiger partial charge is 0.241 e. The lowest BCUT2D eigenvalue weighted by Gasteiger charge is -2.16. The van der Waals surface area contributed by atoms with Gasteiger partial charge in [-0.25, -0.2) is 0 Å². The van der Waals surface area contributed by atoms with Gasteiger partial charge in [-0.2, -0.15) is 0 Å². The Morgan fingerprint density at radius 1 is 1.14 bits per heavy atom. The van der Waals surface area contributed by atoms with Gasteiger partial charge in [-0.1, -0.05) is 70.2 Å². The zero-order valence-electron chi connectivity index (χ0n) is 15.8. The molecule has 0 unspecified atom stereocenters. The van der Waals surface area contributed by atoms with Crippen molar-refractivity contribution in [3.8, 4) is 11.5 Å². The molecule has 1 aliphatic heterocycles. The number of halogens is 1. The molecule has 0 radical (unpaired) electrons. The fourth-order valence-corrected chi connectivity index (χ4v) is 5.23. The molecule has 0 spiro atoms. The third kappa shape index (κ3) is 4.88. The number of carbonyl (C=O) groups is 1. The summed E-state index contributed by atoms with van der Waals surface area (Å²) in [5.74, 6) is 1.39. The average molecular weight is 480 g/mol. The van der Waals surface area contributed by atoms with E-state index in [1.54, 1.807) is 19.1 Å². The van der Waals surface area contributed by atoms with Crippen molar-refractivity contribution in [1.82, 2.24) is 4.90 Å². The second-order valence-electron chi connectivity index (χ2n) is 6.45. The van der Waals surface area contributed by atoms with Crippen LogP contribution in [0.4, 0.5) is 0 Å². The summed E-state index contributed by atoms with van der Waals surface area (Å²) in [6.07, 6.45) is 2.41. The summed E-state index contributed by atoms with van der Waals surface area (Å²) in [6, 6.07) is 14.1. The predicted molar refractivity (Wildman–Crippen MR) is 121 cm³/mol. The summed E-state index contributed by atoms with van der Waals surface area (Å²) in [5, 5.41) is -0.210. The highest BCUT2D eigenvalue weighted by atomic mass is 79.9. The van der Waals surface area contributed by atoms with Gasteiger partial charge in [-0.15, -0.1) is 0 Å². The number of rotatable bonds is 8. The standard InChI is InChI=1S/C21H22BrNO3S2/c1-25-17-11-15(16(22)13-18(17)26-2)12-19-20(24)23(21(27)28-19)10-6-9-14-7-4-3-5-8-14/h3-5,7-8,11,13,19H,6,9-10,12H2,1-2H3/t19-/m0/s1. The Bertz CT molecular complexity index is 860. The van der Waals surface area contributed by atoms with Gasteiger partial charge in [0.05, 0.1) is 19.5 Å². The molecule has 1 fully saturated rings. The molecule has 7 heteroatoms. The number of ether oxygens (including phenoxy) is 2. The van der Waals surface area contributed by atoms with Crippen LogP contribution in [-0.2, 0) is 17.6 Å². The maximum absolute atomic E-state index is 12.9. The van der Waals surface area contributed by atoms with Crippen LogP contribution in [-0.4, -0.2) is 41.1 Å². The lowest BCUT2D eigenvalue weighted by atomic mass is 10.1. The Morgan fingerprint density at radius 3 is 2.50 bits per heavy atom. The summed E-state index contributed by atoms with van der Waals surface area (Å²) in [7, 11) is 3.21. The summed E-state index contributed by atoms with van der Waals surface area (Å²) in [5.41, 5.74) is 2.27. The topological polar surface area (TPSA) is 38.8 Å². The van der Waals surface area contributed by atoms with Crippen LogP contribution in [0.5, 0.6) is 11.5 Å². The number of nitrogens with zero attached hydrogens (tertiary/aromatic N) is 1. The van der Waals surface area contributed by atoms with Crippen molar-refractivity contribution >= 4 is 50.1 Å². The molecule has 0 saturated carbocycles. The van der Waals surface area contributed by atoms with Gasteiger partial charge in [0.2, 0.25) is 5.91 Å². The van der Waals surface area contributed by atoms with Gasteiger partial charge in [-0.05, 0) is 42.5 Å². The monoisotopic (exact) mass is 479 g/mol. The SMILES string of the molecule is COc1cc(Br)c(C[C@@H]2SC(=S)N(CCCc3ccccc3)C2=O)cc1OC. The van der Waals surface area contributed by atoms with Crippen molar-refractivity contribution in [2.24, 2.45) is 0 Å². The lowest BCUT2D eigenvalue weighted by molar-refractivity contribution is -0.126. The van der Waals surface area contributed by atoms with Crippen molar-refractivity contribution in [3.63, 3.8) is 0 Å². The molecular formula is C21H22BrNO3S2. The van der Waals surface area contributed by atoms with Crippen LogP contribution in [0, 0.1) is 0 Å². The Balaban J connectivity index is 1.63. The van der Waals surface area contributed by atoms with Gasteiger partial charge in [0, 0.05) is 11.0 Å². The van der Waals surface area contributed by atoms with Crippen molar-refractivity contribution in [1.29, 1.82) is 0 Å². The van der Waals surface area contributed by atoms with E-state index >= 15 is 0 Å². The van der Waals surface area contributed by atoms with Crippen LogP contribution < -0.4 is 9.47 Å². The second-order valence-corrected chi connectivity index (χ2v) is 9.15. The van der Waals surface area contributed by atoms with E-state index in [0.29, 0.717) is 28.8 Å². The first-order chi connectivity index (χ1) is 13.5. The number of amides is 1. The van der Waals surface area contributed by atoms with Crippen molar-refractivity contribution in [2.45, 2.75) is 24.5 Å². The van der Waals surface area contributed by atoms with Crippen LogP contribution in [0.2, 0.25) is 0 Å². The van der Waals surface area contributed by atoms with Gasteiger partial charge in [0.25, 0.3) is 0 Å². The number of thioether (sulfide) groups is 1. The lowest BCUT2D eigenvalue weighted by Crippen LogP contribution is -2.33. The fourth-order valence-electron chi connectivity index (χ4n) is 3.17. The van der Waals surface area contributed by atoms with Crippen LogP contribution in [0.25, 0.3) is 0 Å². The molecule has 1 heterocycles. The summed E-state index contributed by atoms with van der Waals surface area (Å²) < 4.78 is 12.3.